The number of hydrogen-bond donors (Lipinski definition) is 2. The van der Waals surface area contributed by atoms with E-state index in [2.05, 4.69) is 51.3 Å². The van der Waals surface area contributed by atoms with E-state index in [0.29, 0.717) is 12.2 Å². The van der Waals surface area contributed by atoms with E-state index in [1.54, 1.807) is 4.68 Å². The summed E-state index contributed by atoms with van der Waals surface area (Å²) in [5.74, 6) is 1.61. The number of aliphatic hydroxyl groups excluding tert-OH is 1. The summed E-state index contributed by atoms with van der Waals surface area (Å²) in [6, 6.07) is 12.9. The molecule has 4 aromatic rings. The Kier molecular flexibility index (Phi) is 5.91. The molecule has 1 spiro atoms. The van der Waals surface area contributed by atoms with Crippen molar-refractivity contribution in [2.45, 2.75) is 51.3 Å². The maximum absolute atomic E-state index is 10.4. The van der Waals surface area contributed by atoms with E-state index in [1.165, 1.54) is 11.1 Å². The number of amidine groups is 1. The Bertz CT molecular complexity index is 1720. The fraction of sp³-hybridized carbons (Fsp3) is 0.406. The summed E-state index contributed by atoms with van der Waals surface area (Å²) in [5, 5.41) is 14.7. The van der Waals surface area contributed by atoms with Crippen molar-refractivity contribution in [1.82, 2.24) is 24.7 Å². The summed E-state index contributed by atoms with van der Waals surface area (Å²) in [4.78, 5) is 24.5. The number of aryl methyl sites for hydroxylation is 2. The lowest BCUT2D eigenvalue weighted by Gasteiger charge is -2.43. The minimum atomic E-state index is -0.165. The van der Waals surface area contributed by atoms with Gasteiger partial charge in [-0.15, -0.1) is 0 Å². The largest absolute Gasteiger partial charge is 0.390 e. The van der Waals surface area contributed by atoms with Crippen molar-refractivity contribution in [3.8, 4) is 11.3 Å². The van der Waals surface area contributed by atoms with Gasteiger partial charge in [0.05, 0.1) is 42.1 Å². The van der Waals surface area contributed by atoms with Crippen molar-refractivity contribution >= 4 is 17.3 Å². The monoisotopic (exact) mass is 561 g/mol. The molecule has 1 fully saturated rings. The number of aromatic nitrogens is 5. The number of aliphatic hydroxyl groups is 1. The standard InChI is InChI=1S/C32H35N9O/c1-39-18-21(16-35-39)23-8-9-27-24(36-23)7-4-12-41(27)31-28-25(17-34-31)38-30(26(19-42)37-28)40-13-10-32(11-14-40)15-20-5-2-3-6-22(20)29(32)33/h2-3,5-6,8-9,16,18,29,42H,4,7,10-15,17,19,33H2,1H3/t29-/m1/s1. The smallest absolute Gasteiger partial charge is 0.156 e. The maximum atomic E-state index is 10.4. The third kappa shape index (κ3) is 3.96. The van der Waals surface area contributed by atoms with Crippen molar-refractivity contribution in [3.05, 3.63) is 82.7 Å². The first kappa shape index (κ1) is 25.6. The molecule has 0 amide bonds. The number of nitrogens with two attached hydrogens (primary N) is 1. The highest BCUT2D eigenvalue weighted by molar-refractivity contribution is 6.11. The SMILES string of the molecule is Cn1cc(-c2ccc3c(n2)CCCN3C2=NCc3nc(N4CCC5(CC4)Cc4ccccc4[C@H]5N)c(CO)nc32)cn1. The third-order valence-electron chi connectivity index (χ3n) is 9.70. The summed E-state index contributed by atoms with van der Waals surface area (Å²) in [7, 11) is 1.92. The van der Waals surface area contributed by atoms with Crippen molar-refractivity contribution in [3.63, 3.8) is 0 Å². The van der Waals surface area contributed by atoms with Crippen LogP contribution in [0.2, 0.25) is 0 Å². The van der Waals surface area contributed by atoms with Crippen LogP contribution in [0.3, 0.4) is 0 Å². The Balaban J connectivity index is 1.05. The first-order valence-electron chi connectivity index (χ1n) is 14.9. The van der Waals surface area contributed by atoms with Gasteiger partial charge in [-0.25, -0.2) is 9.97 Å². The number of nitrogens with zero attached hydrogens (tertiary/aromatic N) is 8. The highest BCUT2D eigenvalue weighted by atomic mass is 16.3. The second kappa shape index (κ2) is 9.71. The lowest BCUT2D eigenvalue weighted by molar-refractivity contribution is 0.186. The van der Waals surface area contributed by atoms with E-state index < -0.39 is 0 Å². The second-order valence-corrected chi connectivity index (χ2v) is 12.1. The highest BCUT2D eigenvalue weighted by Gasteiger charge is 2.46. The summed E-state index contributed by atoms with van der Waals surface area (Å²) in [6.45, 7) is 2.86. The Hall–Kier alpha value is -4.15. The zero-order valence-corrected chi connectivity index (χ0v) is 23.9. The van der Waals surface area contributed by atoms with Crippen LogP contribution < -0.4 is 15.5 Å². The lowest BCUT2D eigenvalue weighted by atomic mass is 9.73. The molecule has 3 N–H and O–H groups in total. The molecule has 1 aliphatic carbocycles. The van der Waals surface area contributed by atoms with Crippen LogP contribution in [0.25, 0.3) is 11.3 Å². The molecule has 1 atom stereocenters. The molecular formula is C32H35N9O. The zero-order chi connectivity index (χ0) is 28.4. The van der Waals surface area contributed by atoms with Gasteiger partial charge in [0.2, 0.25) is 0 Å². The molecule has 214 valence electrons. The van der Waals surface area contributed by atoms with Crippen LogP contribution in [0.4, 0.5) is 11.5 Å². The highest BCUT2D eigenvalue weighted by Crippen LogP contribution is 2.51. The molecule has 0 saturated carbocycles. The molecule has 1 aromatic carbocycles. The summed E-state index contributed by atoms with van der Waals surface area (Å²) in [5.41, 5.74) is 15.9. The zero-order valence-electron chi connectivity index (χ0n) is 23.9. The Morgan fingerprint density at radius 2 is 1.88 bits per heavy atom. The first-order chi connectivity index (χ1) is 20.5. The third-order valence-corrected chi connectivity index (χ3v) is 9.70. The van der Waals surface area contributed by atoms with Gasteiger partial charge in [-0.05, 0) is 60.8 Å². The van der Waals surface area contributed by atoms with E-state index in [9.17, 15) is 5.11 Å². The molecule has 10 heteroatoms. The van der Waals surface area contributed by atoms with Gasteiger partial charge >= 0.3 is 0 Å². The number of anilines is 2. The number of benzene rings is 1. The van der Waals surface area contributed by atoms with Gasteiger partial charge in [-0.3, -0.25) is 14.7 Å². The Morgan fingerprint density at radius 1 is 1.02 bits per heavy atom. The number of rotatable bonds is 3. The number of hydrogen-bond acceptors (Lipinski definition) is 9. The summed E-state index contributed by atoms with van der Waals surface area (Å²) >= 11 is 0. The quantitative estimate of drug-likeness (QED) is 0.391. The minimum absolute atomic E-state index is 0.0672. The van der Waals surface area contributed by atoms with Gasteiger partial charge in [0.15, 0.2) is 11.7 Å². The molecule has 6 heterocycles. The molecule has 0 bridgehead atoms. The van der Waals surface area contributed by atoms with Gasteiger partial charge in [-0.1, -0.05) is 24.3 Å². The molecule has 10 nitrogen and oxygen atoms in total. The van der Waals surface area contributed by atoms with Crippen LogP contribution in [0.15, 0.2) is 53.8 Å². The second-order valence-electron chi connectivity index (χ2n) is 12.1. The molecular weight excluding hydrogens is 526 g/mol. The van der Waals surface area contributed by atoms with Gasteiger partial charge < -0.3 is 20.6 Å². The van der Waals surface area contributed by atoms with E-state index in [4.69, 9.17) is 25.7 Å². The normalized spacial score (nSPS) is 20.5. The molecule has 1 saturated heterocycles. The van der Waals surface area contributed by atoms with E-state index >= 15 is 0 Å². The van der Waals surface area contributed by atoms with Gasteiger partial charge in [0.25, 0.3) is 0 Å². The van der Waals surface area contributed by atoms with Crippen LogP contribution in [0, 0.1) is 5.41 Å². The number of aliphatic imine (C=N–C) groups is 1. The predicted octanol–water partition coefficient (Wildman–Crippen LogP) is 3.32. The topological polar surface area (TPSA) is 122 Å². The van der Waals surface area contributed by atoms with Crippen LogP contribution in [-0.4, -0.2) is 55.3 Å². The molecule has 3 aromatic heterocycles. The molecule has 4 aliphatic rings. The van der Waals surface area contributed by atoms with Crippen molar-refractivity contribution in [2.75, 3.05) is 29.4 Å². The first-order valence-corrected chi connectivity index (χ1v) is 14.9. The van der Waals surface area contributed by atoms with Crippen LogP contribution in [0.5, 0.6) is 0 Å². The lowest BCUT2D eigenvalue weighted by Crippen LogP contribution is -2.45. The summed E-state index contributed by atoms with van der Waals surface area (Å²) < 4.78 is 1.79. The number of fused-ring (bicyclic) bond motifs is 3. The minimum Gasteiger partial charge on any atom is -0.390 e. The predicted molar refractivity (Wildman–Crippen MR) is 161 cm³/mol. The van der Waals surface area contributed by atoms with Crippen LogP contribution >= 0.6 is 0 Å². The Labute approximate surface area is 245 Å². The van der Waals surface area contributed by atoms with Gasteiger partial charge in [0, 0.05) is 44.5 Å². The molecule has 3 aliphatic heterocycles. The molecule has 0 radical (unpaired) electrons. The van der Waals surface area contributed by atoms with Crippen LogP contribution in [-0.2, 0) is 33.0 Å². The van der Waals surface area contributed by atoms with Crippen LogP contribution in [0.1, 0.15) is 59.2 Å². The van der Waals surface area contributed by atoms with Crippen molar-refractivity contribution < 1.29 is 5.11 Å². The molecule has 8 rings (SSSR count). The van der Waals surface area contributed by atoms with Crippen molar-refractivity contribution in [1.29, 1.82) is 0 Å². The van der Waals surface area contributed by atoms with Gasteiger partial charge in [-0.2, -0.15) is 5.10 Å². The van der Waals surface area contributed by atoms with Gasteiger partial charge in [0.1, 0.15) is 11.4 Å². The fourth-order valence-electron chi connectivity index (χ4n) is 7.43. The number of pyridine rings is 1. The maximum Gasteiger partial charge on any atom is 0.156 e. The van der Waals surface area contributed by atoms with E-state index in [-0.39, 0.29) is 18.1 Å². The Morgan fingerprint density at radius 3 is 2.67 bits per heavy atom. The fourth-order valence-corrected chi connectivity index (χ4v) is 7.43. The molecule has 0 unspecified atom stereocenters. The number of piperidine rings is 1. The van der Waals surface area contributed by atoms with E-state index in [0.717, 1.165) is 97.4 Å². The average Bonchev–Trinajstić information content (AvgIpc) is 3.72. The average molecular weight is 562 g/mol. The summed E-state index contributed by atoms with van der Waals surface area (Å²) in [6.07, 6.45) is 8.75. The molecule has 42 heavy (non-hydrogen) atoms. The van der Waals surface area contributed by atoms with Crippen molar-refractivity contribution in [2.24, 2.45) is 23.2 Å². The van der Waals surface area contributed by atoms with E-state index in [1.807, 2.05) is 19.4 Å².